The first kappa shape index (κ1) is 15.0. The average molecular weight is 319 g/mol. The average Bonchev–Trinajstić information content (AvgIpc) is 3.04. The number of carboxylic acids is 1. The van der Waals surface area contributed by atoms with Gasteiger partial charge in [0.1, 0.15) is 0 Å². The third-order valence-corrected chi connectivity index (χ3v) is 5.33. The molecule has 2 aliphatic rings. The number of rotatable bonds is 2. The Hall–Kier alpha value is -2.55. The second kappa shape index (κ2) is 5.52. The molecule has 2 aromatic rings. The molecule has 0 saturated carbocycles. The SMILES string of the molecule is Cc1cc(C)c2c(c1)[C@@H]1C=CC[C@H]1[C@H](c1ccc(C(=O)O)cc1)N2. The van der Waals surface area contributed by atoms with Crippen molar-refractivity contribution >= 4 is 11.7 Å². The zero-order valence-electron chi connectivity index (χ0n) is 13.9. The molecule has 0 saturated heterocycles. The van der Waals surface area contributed by atoms with Gasteiger partial charge in [-0.25, -0.2) is 4.79 Å². The Bertz CT molecular complexity index is 836. The number of benzene rings is 2. The van der Waals surface area contributed by atoms with Crippen molar-refractivity contribution in [1.29, 1.82) is 0 Å². The third-order valence-electron chi connectivity index (χ3n) is 5.33. The zero-order chi connectivity index (χ0) is 16.8. The zero-order valence-corrected chi connectivity index (χ0v) is 13.9. The monoisotopic (exact) mass is 319 g/mol. The van der Waals surface area contributed by atoms with Crippen LogP contribution in [0.15, 0.2) is 48.6 Å². The molecule has 0 spiro atoms. The molecule has 0 unspecified atom stereocenters. The van der Waals surface area contributed by atoms with E-state index >= 15 is 0 Å². The van der Waals surface area contributed by atoms with Gasteiger partial charge in [0.2, 0.25) is 0 Å². The summed E-state index contributed by atoms with van der Waals surface area (Å²) in [5.74, 6) is 0.0357. The fourth-order valence-corrected chi connectivity index (χ4v) is 4.24. The van der Waals surface area contributed by atoms with Crippen molar-refractivity contribution in [3.63, 3.8) is 0 Å². The van der Waals surface area contributed by atoms with Gasteiger partial charge in [0.25, 0.3) is 0 Å². The summed E-state index contributed by atoms with van der Waals surface area (Å²) in [6.07, 6.45) is 5.67. The molecule has 2 N–H and O–H groups in total. The number of fused-ring (bicyclic) bond motifs is 3. The Balaban J connectivity index is 1.76. The van der Waals surface area contributed by atoms with Gasteiger partial charge in [0, 0.05) is 11.6 Å². The smallest absolute Gasteiger partial charge is 0.335 e. The van der Waals surface area contributed by atoms with Crippen LogP contribution in [0, 0.1) is 19.8 Å². The first-order valence-electron chi connectivity index (χ1n) is 8.42. The number of hydrogen-bond acceptors (Lipinski definition) is 2. The van der Waals surface area contributed by atoms with E-state index in [1.54, 1.807) is 12.1 Å². The fraction of sp³-hybridized carbons (Fsp3) is 0.286. The lowest BCUT2D eigenvalue weighted by molar-refractivity contribution is 0.0697. The first-order chi connectivity index (χ1) is 11.5. The minimum absolute atomic E-state index is 0.210. The van der Waals surface area contributed by atoms with Crippen molar-refractivity contribution < 1.29 is 9.90 Å². The molecule has 122 valence electrons. The van der Waals surface area contributed by atoms with Crippen LogP contribution in [0.25, 0.3) is 0 Å². The second-order valence-corrected chi connectivity index (χ2v) is 6.95. The Labute approximate surface area is 142 Å². The van der Waals surface area contributed by atoms with Crippen LogP contribution >= 0.6 is 0 Å². The van der Waals surface area contributed by atoms with Crippen molar-refractivity contribution in [2.45, 2.75) is 32.2 Å². The van der Waals surface area contributed by atoms with E-state index in [2.05, 4.69) is 43.4 Å². The molecule has 0 aromatic heterocycles. The maximum atomic E-state index is 11.1. The van der Waals surface area contributed by atoms with Crippen LogP contribution < -0.4 is 5.32 Å². The summed E-state index contributed by atoms with van der Waals surface area (Å²) in [7, 11) is 0. The number of allylic oxidation sites excluding steroid dienone is 2. The number of anilines is 1. The molecule has 0 fully saturated rings. The Morgan fingerprint density at radius 3 is 2.62 bits per heavy atom. The molecule has 3 nitrogen and oxygen atoms in total. The second-order valence-electron chi connectivity index (χ2n) is 6.95. The minimum atomic E-state index is -0.879. The number of carbonyl (C=O) groups is 1. The van der Waals surface area contributed by atoms with E-state index < -0.39 is 5.97 Å². The van der Waals surface area contributed by atoms with E-state index in [1.807, 2.05) is 12.1 Å². The van der Waals surface area contributed by atoms with Gasteiger partial charge in [0.15, 0.2) is 0 Å². The van der Waals surface area contributed by atoms with Gasteiger partial charge in [-0.2, -0.15) is 0 Å². The van der Waals surface area contributed by atoms with Crippen LogP contribution in [-0.2, 0) is 0 Å². The van der Waals surface area contributed by atoms with Crippen LogP contribution in [0.1, 0.15) is 51.0 Å². The molecular weight excluding hydrogens is 298 g/mol. The van der Waals surface area contributed by atoms with Crippen LogP contribution in [-0.4, -0.2) is 11.1 Å². The van der Waals surface area contributed by atoms with Gasteiger partial charge in [-0.05, 0) is 55.0 Å². The Morgan fingerprint density at radius 2 is 1.92 bits per heavy atom. The highest BCUT2D eigenvalue weighted by atomic mass is 16.4. The van der Waals surface area contributed by atoms with Gasteiger partial charge in [0.05, 0.1) is 11.6 Å². The summed E-state index contributed by atoms with van der Waals surface area (Å²) in [5.41, 5.74) is 6.70. The van der Waals surface area contributed by atoms with E-state index in [1.165, 1.54) is 22.4 Å². The molecule has 0 radical (unpaired) electrons. The summed E-state index contributed by atoms with van der Waals surface area (Å²) in [5, 5.41) is 12.8. The quantitative estimate of drug-likeness (QED) is 0.780. The van der Waals surface area contributed by atoms with Gasteiger partial charge < -0.3 is 10.4 Å². The van der Waals surface area contributed by atoms with Crippen molar-refractivity contribution in [3.8, 4) is 0 Å². The maximum Gasteiger partial charge on any atom is 0.335 e. The van der Waals surface area contributed by atoms with E-state index in [4.69, 9.17) is 5.11 Å². The topological polar surface area (TPSA) is 49.3 Å². The maximum absolute atomic E-state index is 11.1. The molecule has 2 aromatic carbocycles. The molecule has 3 atom stereocenters. The van der Waals surface area contributed by atoms with Crippen LogP contribution in [0.5, 0.6) is 0 Å². The molecule has 1 aliphatic heterocycles. The molecular formula is C21H21NO2. The van der Waals surface area contributed by atoms with E-state index in [0.29, 0.717) is 17.4 Å². The molecule has 4 rings (SSSR count). The van der Waals surface area contributed by atoms with E-state index in [9.17, 15) is 4.79 Å². The first-order valence-corrected chi connectivity index (χ1v) is 8.42. The van der Waals surface area contributed by atoms with Gasteiger partial charge in [-0.1, -0.05) is 42.0 Å². The van der Waals surface area contributed by atoms with Gasteiger partial charge >= 0.3 is 5.97 Å². The molecule has 24 heavy (non-hydrogen) atoms. The highest BCUT2D eigenvalue weighted by molar-refractivity contribution is 5.87. The molecule has 1 aliphatic carbocycles. The molecule has 1 heterocycles. The number of carboxylic acid groups (broad SMARTS) is 1. The van der Waals surface area contributed by atoms with Gasteiger partial charge in [-0.15, -0.1) is 0 Å². The molecule has 3 heteroatoms. The normalized spacial score (nSPS) is 24.2. The lowest BCUT2D eigenvalue weighted by atomic mass is 9.76. The van der Waals surface area contributed by atoms with Crippen molar-refractivity contribution in [3.05, 3.63) is 76.4 Å². The largest absolute Gasteiger partial charge is 0.478 e. The predicted molar refractivity (Wildman–Crippen MR) is 95.7 cm³/mol. The van der Waals surface area contributed by atoms with Crippen molar-refractivity contribution in [2.75, 3.05) is 5.32 Å². The standard InChI is InChI=1S/C21H21NO2/c1-12-10-13(2)19-18(11-12)16-4-3-5-17(16)20(22-19)14-6-8-15(9-7-14)21(23)24/h3-4,6-11,16-17,20,22H,5H2,1-2H3,(H,23,24)/t16-,17-,20+/m1/s1. The third kappa shape index (κ3) is 2.32. The summed E-state index contributed by atoms with van der Waals surface area (Å²) < 4.78 is 0. The predicted octanol–water partition coefficient (Wildman–Crippen LogP) is 4.83. The molecule has 0 amide bonds. The summed E-state index contributed by atoms with van der Waals surface area (Å²) in [6.45, 7) is 4.31. The molecule has 0 bridgehead atoms. The summed E-state index contributed by atoms with van der Waals surface area (Å²) >= 11 is 0. The highest BCUT2D eigenvalue weighted by Crippen LogP contribution is 2.50. The van der Waals surface area contributed by atoms with E-state index in [0.717, 1.165) is 12.0 Å². The van der Waals surface area contributed by atoms with Crippen LogP contribution in [0.3, 0.4) is 0 Å². The number of aryl methyl sites for hydroxylation is 2. The Kier molecular flexibility index (Phi) is 3.45. The van der Waals surface area contributed by atoms with E-state index in [-0.39, 0.29) is 6.04 Å². The van der Waals surface area contributed by atoms with Gasteiger partial charge in [-0.3, -0.25) is 0 Å². The Morgan fingerprint density at radius 1 is 1.17 bits per heavy atom. The summed E-state index contributed by atoms with van der Waals surface area (Å²) in [4.78, 5) is 11.1. The minimum Gasteiger partial charge on any atom is -0.478 e. The number of hydrogen-bond donors (Lipinski definition) is 2. The summed E-state index contributed by atoms with van der Waals surface area (Å²) in [6, 6.07) is 12.0. The number of nitrogens with one attached hydrogen (secondary N) is 1. The lowest BCUT2D eigenvalue weighted by Crippen LogP contribution is -2.29. The van der Waals surface area contributed by atoms with Crippen molar-refractivity contribution in [2.24, 2.45) is 5.92 Å². The van der Waals surface area contributed by atoms with Crippen LogP contribution in [0.2, 0.25) is 0 Å². The van der Waals surface area contributed by atoms with Crippen molar-refractivity contribution in [1.82, 2.24) is 0 Å². The van der Waals surface area contributed by atoms with Crippen LogP contribution in [0.4, 0.5) is 5.69 Å². The lowest BCUT2D eigenvalue weighted by Gasteiger charge is -2.38. The fourth-order valence-electron chi connectivity index (χ4n) is 4.24. The number of aromatic carboxylic acids is 1. The highest BCUT2D eigenvalue weighted by Gasteiger charge is 2.38.